The number of nitrogens with two attached hydrogens (primary N) is 1. The largest absolute Gasteiger partial charge is 0.439 e. The van der Waals surface area contributed by atoms with Crippen molar-refractivity contribution in [1.82, 2.24) is 0 Å². The van der Waals surface area contributed by atoms with Crippen LogP contribution in [0, 0.1) is 17.1 Å². The molecule has 0 aromatic heterocycles. The first-order valence-corrected chi connectivity index (χ1v) is 11.0. The van der Waals surface area contributed by atoms with Crippen molar-refractivity contribution in [2.75, 3.05) is 13.2 Å². The minimum atomic E-state index is -3.91. The van der Waals surface area contributed by atoms with Crippen LogP contribution in [0.4, 0.5) is 4.39 Å². The van der Waals surface area contributed by atoms with E-state index in [0.717, 1.165) is 0 Å². The van der Waals surface area contributed by atoms with Gasteiger partial charge < -0.3 is 19.5 Å². The third-order valence-electron chi connectivity index (χ3n) is 4.53. The molecule has 0 fully saturated rings. The lowest BCUT2D eigenvalue weighted by Gasteiger charge is -2.32. The van der Waals surface area contributed by atoms with Gasteiger partial charge in [0.1, 0.15) is 23.2 Å². The highest BCUT2D eigenvalue weighted by molar-refractivity contribution is 7.58. The van der Waals surface area contributed by atoms with Crippen molar-refractivity contribution >= 4 is 13.4 Å². The number of ether oxygens (including phenoxy) is 1. The Hall–Kier alpha value is -2.91. The first-order valence-electron chi connectivity index (χ1n) is 9.47. The van der Waals surface area contributed by atoms with E-state index in [2.05, 4.69) is 0 Å². The molecule has 8 heteroatoms. The molecule has 1 aliphatic heterocycles. The molecule has 0 amide bonds. The number of rotatable bonds is 7. The smallest absolute Gasteiger partial charge is 0.362 e. The van der Waals surface area contributed by atoms with Gasteiger partial charge in [-0.1, -0.05) is 42.5 Å². The molecule has 2 aromatic rings. The molecule has 3 rings (SSSR count). The lowest BCUT2D eigenvalue weighted by atomic mass is 9.88. The van der Waals surface area contributed by atoms with Crippen LogP contribution in [0.2, 0.25) is 0 Å². The number of halogens is 1. The summed E-state index contributed by atoms with van der Waals surface area (Å²) in [4.78, 5) is 0. The maximum Gasteiger partial charge on any atom is 0.362 e. The van der Waals surface area contributed by atoms with Crippen molar-refractivity contribution in [2.24, 2.45) is 5.73 Å². The summed E-state index contributed by atoms with van der Waals surface area (Å²) in [7, 11) is -3.91. The second kappa shape index (κ2) is 9.27. The van der Waals surface area contributed by atoms with Crippen LogP contribution in [-0.2, 0) is 18.3 Å². The summed E-state index contributed by atoms with van der Waals surface area (Å²) in [6.07, 6.45) is 0. The van der Waals surface area contributed by atoms with Gasteiger partial charge in [0.15, 0.2) is 0 Å². The third-order valence-corrected chi connectivity index (χ3v) is 6.77. The Kier molecular flexibility index (Phi) is 6.73. The molecule has 6 nitrogen and oxygen atoms in total. The van der Waals surface area contributed by atoms with Gasteiger partial charge >= 0.3 is 7.60 Å². The summed E-state index contributed by atoms with van der Waals surface area (Å²) in [5.74, 6) is -1.24. The highest BCUT2D eigenvalue weighted by Crippen LogP contribution is 2.65. The third kappa shape index (κ3) is 4.17. The molecule has 0 radical (unpaired) electrons. The Morgan fingerprint density at radius 1 is 1.10 bits per heavy atom. The standard InChI is InChI=1S/C22H22FN2O4P/c1-3-27-30(26,28-4-2)21-19(15-10-12-17(23)13-11-15)18(14-24)22(25)29-20(21)16-8-6-5-7-9-16/h5-13,19H,3-4,25H2,1-2H3/t19-/m1/s1. The highest BCUT2D eigenvalue weighted by Gasteiger charge is 2.45. The van der Waals surface area contributed by atoms with E-state index in [0.29, 0.717) is 11.1 Å². The van der Waals surface area contributed by atoms with Crippen molar-refractivity contribution in [2.45, 2.75) is 19.8 Å². The maximum absolute atomic E-state index is 13.9. The molecule has 0 saturated carbocycles. The molecular formula is C22H22FN2O4P. The molecule has 0 aliphatic carbocycles. The zero-order chi connectivity index (χ0) is 21.7. The molecular weight excluding hydrogens is 406 g/mol. The van der Waals surface area contributed by atoms with Crippen LogP contribution in [-0.4, -0.2) is 13.2 Å². The van der Waals surface area contributed by atoms with Gasteiger partial charge in [0.2, 0.25) is 5.88 Å². The summed E-state index contributed by atoms with van der Waals surface area (Å²) in [5, 5.41) is 9.97. The fourth-order valence-corrected chi connectivity index (χ4v) is 5.37. The van der Waals surface area contributed by atoms with Gasteiger partial charge in [-0.15, -0.1) is 0 Å². The van der Waals surface area contributed by atoms with Crippen LogP contribution in [0.1, 0.15) is 30.9 Å². The Morgan fingerprint density at radius 3 is 2.23 bits per heavy atom. The molecule has 2 N–H and O–H groups in total. The summed E-state index contributed by atoms with van der Waals surface area (Å²) in [6.45, 7) is 3.61. The molecule has 156 valence electrons. The predicted octanol–water partition coefficient (Wildman–Crippen LogP) is 5.27. The van der Waals surface area contributed by atoms with Crippen molar-refractivity contribution < 1.29 is 22.7 Å². The summed E-state index contributed by atoms with van der Waals surface area (Å²) in [5.41, 5.74) is 7.25. The zero-order valence-corrected chi connectivity index (χ0v) is 17.6. The number of nitriles is 1. The SMILES string of the molecule is CCOP(=O)(OCC)C1=C(c2ccccc2)OC(N)=C(C#N)[C@H]1c1ccc(F)cc1. The average Bonchev–Trinajstić information content (AvgIpc) is 2.74. The Labute approximate surface area is 174 Å². The minimum Gasteiger partial charge on any atom is -0.439 e. The Balaban J connectivity index is 2.36. The number of nitrogens with zero attached hydrogens (tertiary/aromatic N) is 1. The van der Waals surface area contributed by atoms with Crippen LogP contribution < -0.4 is 5.73 Å². The quantitative estimate of drug-likeness (QED) is 0.604. The van der Waals surface area contributed by atoms with E-state index in [1.807, 2.05) is 12.1 Å². The molecule has 30 heavy (non-hydrogen) atoms. The maximum atomic E-state index is 13.9. The predicted molar refractivity (Wildman–Crippen MR) is 111 cm³/mol. The first-order chi connectivity index (χ1) is 14.4. The molecule has 1 atom stereocenters. The number of hydrogen-bond acceptors (Lipinski definition) is 6. The molecule has 2 aromatic carbocycles. The monoisotopic (exact) mass is 428 g/mol. The second-order valence-corrected chi connectivity index (χ2v) is 8.38. The first kappa shape index (κ1) is 21.8. The van der Waals surface area contributed by atoms with E-state index < -0.39 is 19.3 Å². The normalized spacial score (nSPS) is 16.9. The van der Waals surface area contributed by atoms with Crippen molar-refractivity contribution in [3.8, 4) is 6.07 Å². The van der Waals surface area contributed by atoms with Crippen LogP contribution in [0.25, 0.3) is 5.76 Å². The Bertz CT molecular complexity index is 1050. The number of allylic oxidation sites excluding steroid dienone is 2. The van der Waals surface area contributed by atoms with Gasteiger partial charge in [0, 0.05) is 5.56 Å². The van der Waals surface area contributed by atoms with Crippen molar-refractivity contribution in [3.05, 3.63) is 88.3 Å². The Morgan fingerprint density at radius 2 is 1.70 bits per heavy atom. The van der Waals surface area contributed by atoms with E-state index in [9.17, 15) is 14.2 Å². The van der Waals surface area contributed by atoms with E-state index >= 15 is 0 Å². The second-order valence-electron chi connectivity index (χ2n) is 6.39. The van der Waals surface area contributed by atoms with Gasteiger partial charge in [-0.05, 0) is 31.5 Å². The summed E-state index contributed by atoms with van der Waals surface area (Å²) >= 11 is 0. The van der Waals surface area contributed by atoms with Crippen LogP contribution in [0.3, 0.4) is 0 Å². The molecule has 0 saturated heterocycles. The average molecular weight is 428 g/mol. The molecule has 0 unspecified atom stereocenters. The van der Waals surface area contributed by atoms with Gasteiger partial charge in [-0.3, -0.25) is 4.57 Å². The van der Waals surface area contributed by atoms with E-state index in [4.69, 9.17) is 19.5 Å². The molecule has 0 bridgehead atoms. The van der Waals surface area contributed by atoms with Gasteiger partial charge in [-0.25, -0.2) is 4.39 Å². The topological polar surface area (TPSA) is 94.6 Å². The molecule has 1 aliphatic rings. The molecule has 0 spiro atoms. The van der Waals surface area contributed by atoms with Gasteiger partial charge in [0.25, 0.3) is 0 Å². The van der Waals surface area contributed by atoms with Gasteiger partial charge in [0.05, 0.1) is 24.4 Å². The van der Waals surface area contributed by atoms with Crippen molar-refractivity contribution in [3.63, 3.8) is 0 Å². The van der Waals surface area contributed by atoms with Crippen LogP contribution >= 0.6 is 7.60 Å². The zero-order valence-electron chi connectivity index (χ0n) is 16.7. The lowest BCUT2D eigenvalue weighted by Crippen LogP contribution is -2.22. The minimum absolute atomic E-state index is 0.0518. The summed E-state index contributed by atoms with van der Waals surface area (Å²) < 4.78 is 44.6. The van der Waals surface area contributed by atoms with E-state index in [1.54, 1.807) is 38.1 Å². The van der Waals surface area contributed by atoms with E-state index in [1.165, 1.54) is 24.3 Å². The highest BCUT2D eigenvalue weighted by atomic mass is 31.2. The lowest BCUT2D eigenvalue weighted by molar-refractivity contribution is 0.223. The fourth-order valence-electron chi connectivity index (χ4n) is 3.32. The summed E-state index contributed by atoms with van der Waals surface area (Å²) in [6, 6.07) is 16.6. The number of benzene rings is 2. The van der Waals surface area contributed by atoms with Crippen LogP contribution in [0.15, 0.2) is 71.4 Å². The van der Waals surface area contributed by atoms with Crippen molar-refractivity contribution in [1.29, 1.82) is 5.26 Å². The van der Waals surface area contributed by atoms with Crippen LogP contribution in [0.5, 0.6) is 0 Å². The number of hydrogen-bond donors (Lipinski definition) is 1. The fraction of sp³-hybridized carbons (Fsp3) is 0.227. The molecule has 1 heterocycles. The van der Waals surface area contributed by atoms with E-state index in [-0.39, 0.29) is 35.7 Å². The van der Waals surface area contributed by atoms with Gasteiger partial charge in [-0.2, -0.15) is 5.26 Å².